The molecule has 0 spiro atoms. The van der Waals surface area contributed by atoms with Crippen LogP contribution >= 0.6 is 0 Å². The van der Waals surface area contributed by atoms with Crippen molar-refractivity contribution in [3.63, 3.8) is 0 Å². The molecule has 0 saturated carbocycles. The number of benzene rings is 2. The summed E-state index contributed by atoms with van der Waals surface area (Å²) >= 11 is 0. The van der Waals surface area contributed by atoms with Crippen molar-refractivity contribution in [3.05, 3.63) is 42.5 Å². The van der Waals surface area contributed by atoms with Gasteiger partial charge in [0.2, 0.25) is 12.2 Å². The van der Waals surface area contributed by atoms with Crippen molar-refractivity contribution in [3.8, 4) is 5.75 Å². The molecule has 29 heavy (non-hydrogen) atoms. The fourth-order valence-corrected chi connectivity index (χ4v) is 3.21. The third kappa shape index (κ3) is 5.23. The maximum absolute atomic E-state index is 12.6. The first-order valence-electron chi connectivity index (χ1n) is 9.47. The normalized spacial score (nSPS) is 19.7. The first-order chi connectivity index (χ1) is 13.8. The van der Waals surface area contributed by atoms with E-state index in [1.54, 1.807) is 12.1 Å². The molecular weight excluding hydrogens is 376 g/mol. The van der Waals surface area contributed by atoms with Crippen molar-refractivity contribution in [1.82, 2.24) is 10.6 Å². The molecule has 3 rings (SSSR count). The van der Waals surface area contributed by atoms with Crippen LogP contribution in [0, 0.1) is 5.92 Å². The Morgan fingerprint density at radius 2 is 1.93 bits per heavy atom. The van der Waals surface area contributed by atoms with Crippen LogP contribution in [0.25, 0.3) is 10.8 Å². The van der Waals surface area contributed by atoms with Crippen molar-refractivity contribution in [2.45, 2.75) is 45.1 Å². The summed E-state index contributed by atoms with van der Waals surface area (Å²) in [6.45, 7) is 3.82. The summed E-state index contributed by atoms with van der Waals surface area (Å²) in [6, 6.07) is 11.1. The van der Waals surface area contributed by atoms with Crippen LogP contribution in [0.2, 0.25) is 0 Å². The minimum absolute atomic E-state index is 0.106. The quantitative estimate of drug-likeness (QED) is 0.640. The van der Waals surface area contributed by atoms with Crippen LogP contribution in [0.15, 0.2) is 42.5 Å². The van der Waals surface area contributed by atoms with Gasteiger partial charge in [-0.1, -0.05) is 50.2 Å². The van der Waals surface area contributed by atoms with Gasteiger partial charge in [0.1, 0.15) is 17.8 Å². The average Bonchev–Trinajstić information content (AvgIpc) is 2.98. The van der Waals surface area contributed by atoms with E-state index in [4.69, 9.17) is 4.74 Å². The van der Waals surface area contributed by atoms with E-state index < -0.39 is 36.3 Å². The first-order valence-corrected chi connectivity index (χ1v) is 9.47. The lowest BCUT2D eigenvalue weighted by molar-refractivity contribution is -0.155. The zero-order valence-corrected chi connectivity index (χ0v) is 16.3. The van der Waals surface area contributed by atoms with Crippen LogP contribution < -0.4 is 15.4 Å². The molecule has 1 fully saturated rings. The van der Waals surface area contributed by atoms with Crippen LogP contribution in [-0.4, -0.2) is 41.4 Å². The number of hydrogen-bond donors (Lipinski definition) is 3. The molecule has 0 aromatic heterocycles. The molecule has 154 valence electrons. The highest BCUT2D eigenvalue weighted by molar-refractivity contribution is 5.91. The molecule has 3 atom stereocenters. The largest absolute Gasteiger partial charge is 0.434 e. The number of esters is 1. The van der Waals surface area contributed by atoms with E-state index in [-0.39, 0.29) is 12.3 Å². The van der Waals surface area contributed by atoms with Crippen molar-refractivity contribution < 1.29 is 29.0 Å². The number of carbonyl (C=O) groups is 3. The Labute approximate surface area is 168 Å². The lowest BCUT2D eigenvalue weighted by atomic mass is 10.0. The second-order valence-electron chi connectivity index (χ2n) is 7.39. The second-order valence-corrected chi connectivity index (χ2v) is 7.39. The van der Waals surface area contributed by atoms with E-state index in [0.29, 0.717) is 12.2 Å². The van der Waals surface area contributed by atoms with Gasteiger partial charge in [-0.3, -0.25) is 9.59 Å². The predicted molar refractivity (Wildman–Crippen MR) is 105 cm³/mol. The van der Waals surface area contributed by atoms with Gasteiger partial charge >= 0.3 is 12.1 Å². The number of nitrogens with one attached hydrogen (secondary N) is 2. The summed E-state index contributed by atoms with van der Waals surface area (Å²) in [5, 5.41) is 16.5. The van der Waals surface area contributed by atoms with Crippen LogP contribution in [0.4, 0.5) is 4.79 Å². The van der Waals surface area contributed by atoms with Gasteiger partial charge in [0.05, 0.1) is 6.42 Å². The number of fused-ring (bicyclic) bond motifs is 1. The molecule has 8 nitrogen and oxygen atoms in total. The molecule has 8 heteroatoms. The highest BCUT2D eigenvalue weighted by Crippen LogP contribution is 2.25. The van der Waals surface area contributed by atoms with E-state index in [9.17, 15) is 19.5 Å². The maximum Gasteiger partial charge on any atom is 0.413 e. The van der Waals surface area contributed by atoms with E-state index in [1.807, 2.05) is 44.2 Å². The molecule has 1 aliphatic heterocycles. The number of aliphatic hydroxyl groups is 1. The highest BCUT2D eigenvalue weighted by Gasteiger charge is 2.36. The Bertz CT molecular complexity index is 908. The Morgan fingerprint density at radius 3 is 2.62 bits per heavy atom. The Hall–Kier alpha value is -3.13. The maximum atomic E-state index is 12.6. The lowest BCUT2D eigenvalue weighted by Gasteiger charge is -2.22. The molecule has 1 aliphatic rings. The third-order valence-electron chi connectivity index (χ3n) is 4.58. The third-order valence-corrected chi connectivity index (χ3v) is 4.58. The van der Waals surface area contributed by atoms with Crippen LogP contribution in [0.1, 0.15) is 26.7 Å². The van der Waals surface area contributed by atoms with Crippen LogP contribution in [-0.2, 0) is 14.3 Å². The summed E-state index contributed by atoms with van der Waals surface area (Å²) < 4.78 is 10.1. The molecule has 0 radical (unpaired) electrons. The van der Waals surface area contributed by atoms with E-state index in [1.165, 1.54) is 0 Å². The summed E-state index contributed by atoms with van der Waals surface area (Å²) in [6.07, 6.45) is -1.93. The van der Waals surface area contributed by atoms with Crippen molar-refractivity contribution in [1.29, 1.82) is 0 Å². The molecule has 2 unspecified atom stereocenters. The first kappa shape index (κ1) is 20.6. The molecule has 2 aromatic rings. The smallest absolute Gasteiger partial charge is 0.413 e. The molecule has 0 aliphatic carbocycles. The fourth-order valence-electron chi connectivity index (χ4n) is 3.21. The van der Waals surface area contributed by atoms with Gasteiger partial charge in [0.15, 0.2) is 0 Å². The van der Waals surface area contributed by atoms with Crippen LogP contribution in [0.3, 0.4) is 0 Å². The van der Waals surface area contributed by atoms with Gasteiger partial charge in [-0.2, -0.15) is 0 Å². The van der Waals surface area contributed by atoms with E-state index in [2.05, 4.69) is 15.4 Å². The number of rotatable bonds is 6. The van der Waals surface area contributed by atoms with Crippen molar-refractivity contribution in [2.24, 2.45) is 5.92 Å². The molecule has 1 heterocycles. The molecule has 3 N–H and O–H groups in total. The van der Waals surface area contributed by atoms with Gasteiger partial charge in [0, 0.05) is 5.39 Å². The Kier molecular flexibility index (Phi) is 6.33. The molecule has 2 aromatic carbocycles. The summed E-state index contributed by atoms with van der Waals surface area (Å²) in [5.74, 6) is -0.619. The number of amides is 2. The number of ether oxygens (including phenoxy) is 2. The second kappa shape index (κ2) is 8.91. The number of aliphatic hydroxyl groups excluding tert-OH is 1. The van der Waals surface area contributed by atoms with Gasteiger partial charge in [-0.05, 0) is 23.8 Å². The fraction of sp³-hybridized carbons (Fsp3) is 0.381. The van der Waals surface area contributed by atoms with Gasteiger partial charge < -0.3 is 25.2 Å². The molecular formula is C21H24N2O6. The predicted octanol–water partition coefficient (Wildman–Crippen LogP) is 2.09. The number of hydrogen-bond acceptors (Lipinski definition) is 6. The highest BCUT2D eigenvalue weighted by atomic mass is 16.6. The monoisotopic (exact) mass is 400 g/mol. The lowest BCUT2D eigenvalue weighted by Crippen LogP contribution is -2.52. The standard InChI is InChI=1S/C21H24N2O6/c1-12(2)10-15(19(25)22-16-11-18(24)29-20(16)26)23-21(27)28-17-9-5-7-13-6-3-4-8-14(13)17/h3-9,12,15-16,20,26H,10-11H2,1-2H3,(H,22,25)(H,23,27)/t15-,16?,20?/m0/s1. The van der Waals surface area contributed by atoms with E-state index >= 15 is 0 Å². The van der Waals surface area contributed by atoms with Crippen molar-refractivity contribution in [2.75, 3.05) is 0 Å². The minimum Gasteiger partial charge on any atom is -0.434 e. The topological polar surface area (TPSA) is 114 Å². The zero-order chi connectivity index (χ0) is 21.0. The zero-order valence-electron chi connectivity index (χ0n) is 16.3. The average molecular weight is 400 g/mol. The van der Waals surface area contributed by atoms with Crippen molar-refractivity contribution >= 4 is 28.7 Å². The minimum atomic E-state index is -1.39. The SMILES string of the molecule is CC(C)C[C@H](NC(=O)Oc1cccc2ccccc12)C(=O)NC1CC(=O)OC1O. The summed E-state index contributed by atoms with van der Waals surface area (Å²) in [4.78, 5) is 36.4. The van der Waals surface area contributed by atoms with Gasteiger partial charge in [0.25, 0.3) is 0 Å². The molecule has 0 bridgehead atoms. The van der Waals surface area contributed by atoms with Crippen LogP contribution in [0.5, 0.6) is 5.75 Å². The number of cyclic esters (lactones) is 1. The number of carbonyl (C=O) groups excluding carboxylic acids is 3. The Morgan fingerprint density at radius 1 is 1.21 bits per heavy atom. The molecule has 1 saturated heterocycles. The summed E-state index contributed by atoms with van der Waals surface area (Å²) in [7, 11) is 0. The van der Waals surface area contributed by atoms with Gasteiger partial charge in [-0.15, -0.1) is 0 Å². The van der Waals surface area contributed by atoms with Gasteiger partial charge in [-0.25, -0.2) is 4.79 Å². The Balaban J connectivity index is 1.68. The van der Waals surface area contributed by atoms with E-state index in [0.717, 1.165) is 10.8 Å². The molecule has 2 amide bonds. The summed E-state index contributed by atoms with van der Waals surface area (Å²) in [5.41, 5.74) is 0.